The van der Waals surface area contributed by atoms with E-state index >= 15 is 0 Å². The monoisotopic (exact) mass is 452 g/mol. The zero-order chi connectivity index (χ0) is 21.7. The highest BCUT2D eigenvalue weighted by atomic mass is 32.2. The van der Waals surface area contributed by atoms with Crippen LogP contribution < -0.4 is 14.2 Å². The fourth-order valence-corrected chi connectivity index (χ4v) is 4.71. The zero-order valence-corrected chi connectivity index (χ0v) is 18.6. The second-order valence-corrected chi connectivity index (χ2v) is 8.97. The van der Waals surface area contributed by atoms with Gasteiger partial charge in [-0.05, 0) is 36.6 Å². The summed E-state index contributed by atoms with van der Waals surface area (Å²) in [6, 6.07) is 9.33. The van der Waals surface area contributed by atoms with Gasteiger partial charge < -0.3 is 19.1 Å². The standard InChI is InChI=1S/C20H24N2O6S2/c1-26-14-4-6-17(18(12-14)27-2)21-30(24,25)15-5-7-19(29-3)16(13-15)20(23)22-8-10-28-11-9-22/h4-7,12-13,21H,8-11H2,1-3H3. The number of ether oxygens (including phenoxy) is 3. The molecule has 1 aliphatic rings. The zero-order valence-electron chi connectivity index (χ0n) is 17.0. The van der Waals surface area contributed by atoms with Crippen molar-refractivity contribution >= 4 is 33.4 Å². The van der Waals surface area contributed by atoms with Crippen LogP contribution in [0.3, 0.4) is 0 Å². The number of hydrogen-bond acceptors (Lipinski definition) is 7. The highest BCUT2D eigenvalue weighted by Gasteiger charge is 2.24. The number of anilines is 1. The van der Waals surface area contributed by atoms with Gasteiger partial charge in [0.2, 0.25) is 0 Å². The summed E-state index contributed by atoms with van der Waals surface area (Å²) in [5.41, 5.74) is 0.627. The SMILES string of the molecule is COc1ccc(NS(=O)(=O)c2ccc(SC)c(C(=O)N3CCOCC3)c2)c(OC)c1. The Morgan fingerprint density at radius 3 is 2.47 bits per heavy atom. The van der Waals surface area contributed by atoms with Crippen molar-refractivity contribution in [1.82, 2.24) is 4.90 Å². The molecule has 0 saturated carbocycles. The van der Waals surface area contributed by atoms with Gasteiger partial charge in [0, 0.05) is 24.1 Å². The van der Waals surface area contributed by atoms with Crippen LogP contribution in [-0.4, -0.2) is 66.0 Å². The third kappa shape index (κ3) is 4.82. The molecule has 0 spiro atoms. The molecule has 0 bridgehead atoms. The first kappa shape index (κ1) is 22.3. The fraction of sp³-hybridized carbons (Fsp3) is 0.350. The maximum absolute atomic E-state index is 13.0. The summed E-state index contributed by atoms with van der Waals surface area (Å²) in [6.07, 6.45) is 1.85. The smallest absolute Gasteiger partial charge is 0.262 e. The number of sulfonamides is 1. The molecule has 10 heteroatoms. The molecule has 1 N–H and O–H groups in total. The van der Waals surface area contributed by atoms with E-state index in [1.165, 1.54) is 38.1 Å². The Hall–Kier alpha value is -2.43. The number of nitrogens with one attached hydrogen (secondary N) is 1. The summed E-state index contributed by atoms with van der Waals surface area (Å²) in [5.74, 6) is 0.655. The van der Waals surface area contributed by atoms with Crippen LogP contribution in [0.4, 0.5) is 5.69 Å². The lowest BCUT2D eigenvalue weighted by Crippen LogP contribution is -2.41. The second kappa shape index (κ2) is 9.59. The highest BCUT2D eigenvalue weighted by molar-refractivity contribution is 7.98. The molecule has 1 saturated heterocycles. The molecule has 30 heavy (non-hydrogen) atoms. The Labute approximate surface area is 180 Å². The van der Waals surface area contributed by atoms with Crippen LogP contribution in [0.5, 0.6) is 11.5 Å². The van der Waals surface area contributed by atoms with Gasteiger partial charge in [-0.3, -0.25) is 9.52 Å². The molecule has 0 radical (unpaired) electrons. The average Bonchev–Trinajstić information content (AvgIpc) is 2.78. The molecule has 1 aliphatic heterocycles. The molecule has 0 atom stereocenters. The first-order valence-electron chi connectivity index (χ1n) is 9.19. The van der Waals surface area contributed by atoms with Crippen molar-refractivity contribution < 1.29 is 27.4 Å². The molecule has 3 rings (SSSR count). The van der Waals surface area contributed by atoms with E-state index in [0.29, 0.717) is 48.3 Å². The Kier molecular flexibility index (Phi) is 7.11. The van der Waals surface area contributed by atoms with E-state index < -0.39 is 10.0 Å². The van der Waals surface area contributed by atoms with Gasteiger partial charge in [0.25, 0.3) is 15.9 Å². The lowest BCUT2D eigenvalue weighted by Gasteiger charge is -2.27. The molecule has 0 aliphatic carbocycles. The van der Waals surface area contributed by atoms with Crippen molar-refractivity contribution in [2.24, 2.45) is 0 Å². The molecule has 8 nitrogen and oxygen atoms in total. The second-order valence-electron chi connectivity index (χ2n) is 6.44. The van der Waals surface area contributed by atoms with Gasteiger partial charge in [-0.25, -0.2) is 8.42 Å². The minimum atomic E-state index is -3.95. The van der Waals surface area contributed by atoms with Crippen LogP contribution >= 0.6 is 11.8 Å². The van der Waals surface area contributed by atoms with Crippen LogP contribution in [-0.2, 0) is 14.8 Å². The number of hydrogen-bond donors (Lipinski definition) is 1. The van der Waals surface area contributed by atoms with Gasteiger partial charge in [0.15, 0.2) is 0 Å². The van der Waals surface area contributed by atoms with Crippen molar-refractivity contribution in [1.29, 1.82) is 0 Å². The lowest BCUT2D eigenvalue weighted by atomic mass is 10.2. The third-order valence-corrected chi connectivity index (χ3v) is 6.82. The molecule has 2 aromatic carbocycles. The molecule has 0 aromatic heterocycles. The summed E-state index contributed by atoms with van der Waals surface area (Å²) in [6.45, 7) is 1.89. The fourth-order valence-electron chi connectivity index (χ4n) is 3.04. The Morgan fingerprint density at radius 1 is 1.10 bits per heavy atom. The number of amides is 1. The first-order valence-corrected chi connectivity index (χ1v) is 11.9. The minimum absolute atomic E-state index is 0.00483. The van der Waals surface area contributed by atoms with Crippen LogP contribution in [0.1, 0.15) is 10.4 Å². The Bertz CT molecular complexity index is 1020. The van der Waals surface area contributed by atoms with Crippen molar-refractivity contribution in [3.05, 3.63) is 42.0 Å². The van der Waals surface area contributed by atoms with Crippen LogP contribution in [0.25, 0.3) is 0 Å². The van der Waals surface area contributed by atoms with Crippen molar-refractivity contribution in [2.75, 3.05) is 51.5 Å². The van der Waals surface area contributed by atoms with Gasteiger partial charge in [0.1, 0.15) is 11.5 Å². The number of nitrogens with zero attached hydrogens (tertiary/aromatic N) is 1. The van der Waals surface area contributed by atoms with Gasteiger partial charge in [-0.15, -0.1) is 11.8 Å². The van der Waals surface area contributed by atoms with E-state index in [9.17, 15) is 13.2 Å². The van der Waals surface area contributed by atoms with Crippen molar-refractivity contribution in [3.63, 3.8) is 0 Å². The summed E-state index contributed by atoms with van der Waals surface area (Å²) >= 11 is 1.39. The summed E-state index contributed by atoms with van der Waals surface area (Å²) in [4.78, 5) is 15.4. The predicted octanol–water partition coefficient (Wildman–Crippen LogP) is 2.70. The van der Waals surface area contributed by atoms with E-state index in [1.54, 1.807) is 29.2 Å². The van der Waals surface area contributed by atoms with Gasteiger partial charge >= 0.3 is 0 Å². The van der Waals surface area contributed by atoms with E-state index in [2.05, 4.69) is 4.72 Å². The Balaban J connectivity index is 1.93. The molecular formula is C20H24N2O6S2. The molecule has 1 heterocycles. The first-order chi connectivity index (χ1) is 14.4. The Morgan fingerprint density at radius 2 is 1.83 bits per heavy atom. The van der Waals surface area contributed by atoms with Crippen molar-refractivity contribution in [3.8, 4) is 11.5 Å². The van der Waals surface area contributed by atoms with Gasteiger partial charge in [0.05, 0.1) is 43.6 Å². The normalized spacial score (nSPS) is 14.3. The molecule has 1 fully saturated rings. The number of methoxy groups -OCH3 is 2. The van der Waals surface area contributed by atoms with Gasteiger partial charge in [-0.2, -0.15) is 0 Å². The predicted molar refractivity (Wildman–Crippen MR) is 115 cm³/mol. The summed E-state index contributed by atoms with van der Waals surface area (Å²) in [5, 5.41) is 0. The number of carbonyl (C=O) groups excluding carboxylic acids is 1. The molecule has 0 unspecified atom stereocenters. The molecular weight excluding hydrogens is 428 g/mol. The number of thioether (sulfide) groups is 1. The van der Waals surface area contributed by atoms with E-state index in [1.807, 2.05) is 6.26 Å². The number of morpholine rings is 1. The number of benzene rings is 2. The summed E-state index contributed by atoms with van der Waals surface area (Å²) < 4.78 is 44.3. The topological polar surface area (TPSA) is 94.2 Å². The molecule has 2 aromatic rings. The van der Waals surface area contributed by atoms with E-state index in [-0.39, 0.29) is 16.5 Å². The maximum Gasteiger partial charge on any atom is 0.262 e. The van der Waals surface area contributed by atoms with Gasteiger partial charge in [-0.1, -0.05) is 0 Å². The van der Waals surface area contributed by atoms with Crippen LogP contribution in [0.2, 0.25) is 0 Å². The largest absolute Gasteiger partial charge is 0.497 e. The van der Waals surface area contributed by atoms with E-state index in [4.69, 9.17) is 14.2 Å². The van der Waals surface area contributed by atoms with Crippen LogP contribution in [0, 0.1) is 0 Å². The van der Waals surface area contributed by atoms with Crippen LogP contribution in [0.15, 0.2) is 46.2 Å². The average molecular weight is 453 g/mol. The quantitative estimate of drug-likeness (QED) is 0.646. The molecule has 162 valence electrons. The minimum Gasteiger partial charge on any atom is -0.497 e. The number of carbonyl (C=O) groups is 1. The molecule has 1 amide bonds. The third-order valence-electron chi connectivity index (χ3n) is 4.66. The van der Waals surface area contributed by atoms with E-state index in [0.717, 1.165) is 0 Å². The number of rotatable bonds is 7. The summed E-state index contributed by atoms with van der Waals surface area (Å²) in [7, 11) is -0.997. The maximum atomic E-state index is 13.0. The lowest BCUT2D eigenvalue weighted by molar-refractivity contribution is 0.0300. The highest BCUT2D eigenvalue weighted by Crippen LogP contribution is 2.32. The van der Waals surface area contributed by atoms with Crippen molar-refractivity contribution in [2.45, 2.75) is 9.79 Å².